The number of carbonyl (C=O) groups excluding carboxylic acids is 1. The molecule has 1 fully saturated rings. The van der Waals surface area contributed by atoms with Crippen molar-refractivity contribution < 1.29 is 4.79 Å². The number of anilines is 1. The molecule has 2 aliphatic rings. The van der Waals surface area contributed by atoms with Crippen LogP contribution in [0, 0.1) is 11.8 Å². The third-order valence-electron chi connectivity index (χ3n) is 7.68. The normalized spacial score (nSPS) is 19.6. The Balaban J connectivity index is 1.16. The zero-order chi connectivity index (χ0) is 25.4. The number of amides is 1. The number of fused-ring (bicyclic) bond motifs is 2. The van der Waals surface area contributed by atoms with Gasteiger partial charge in [0.25, 0.3) is 0 Å². The van der Waals surface area contributed by atoms with E-state index in [0.717, 1.165) is 78.9 Å². The summed E-state index contributed by atoms with van der Waals surface area (Å²) in [5, 5.41) is 8.78. The SMILES string of the molecule is O=C(C1CCc2ccccc2C1)N1CCCC(CNc2cc(-c3ccccc3Cl)nc3c(Br)cnn23)C1. The standard InChI is InChI=1S/C29H29BrClN5O/c30-24-17-33-36-27(15-26(34-28(24)36)23-9-3-4-10-25(23)31)32-16-19-6-5-13-35(18-19)29(37)22-12-11-20-7-1-2-8-21(20)14-22/h1-4,7-10,15,17,19,22,32H,5-6,11-14,16,18H2. The fraction of sp³-hybridized carbons (Fsp3) is 0.345. The van der Waals surface area contributed by atoms with Crippen LogP contribution in [0.15, 0.2) is 65.3 Å². The molecular weight excluding hydrogens is 550 g/mol. The Bertz CT molecular complexity index is 1450. The summed E-state index contributed by atoms with van der Waals surface area (Å²) in [6, 6.07) is 18.3. The molecule has 2 aromatic heterocycles. The molecule has 1 saturated heterocycles. The molecule has 0 bridgehead atoms. The van der Waals surface area contributed by atoms with Crippen LogP contribution in [-0.4, -0.2) is 45.0 Å². The summed E-state index contributed by atoms with van der Waals surface area (Å²) < 4.78 is 2.64. The Hall–Kier alpha value is -2.90. The number of aromatic nitrogens is 3. The fourth-order valence-electron chi connectivity index (χ4n) is 5.72. The minimum absolute atomic E-state index is 0.0982. The van der Waals surface area contributed by atoms with E-state index in [1.54, 1.807) is 6.20 Å². The number of likely N-dealkylation sites (tertiary alicyclic amines) is 1. The maximum Gasteiger partial charge on any atom is 0.226 e. The van der Waals surface area contributed by atoms with E-state index in [-0.39, 0.29) is 5.92 Å². The molecule has 190 valence electrons. The van der Waals surface area contributed by atoms with Crippen LogP contribution in [0.25, 0.3) is 16.9 Å². The Kier molecular flexibility index (Phi) is 6.91. The summed E-state index contributed by atoms with van der Waals surface area (Å²) in [7, 11) is 0. The number of piperidine rings is 1. The van der Waals surface area contributed by atoms with Crippen LogP contribution in [0.1, 0.15) is 30.4 Å². The molecular formula is C29H29BrClN5O. The Morgan fingerprint density at radius 2 is 1.92 bits per heavy atom. The summed E-state index contributed by atoms with van der Waals surface area (Å²) in [5.41, 5.74) is 5.14. The van der Waals surface area contributed by atoms with E-state index in [2.05, 4.69) is 55.5 Å². The number of nitrogens with one attached hydrogen (secondary N) is 1. The van der Waals surface area contributed by atoms with Gasteiger partial charge in [-0.3, -0.25) is 4.79 Å². The van der Waals surface area contributed by atoms with Gasteiger partial charge in [0.1, 0.15) is 5.82 Å². The lowest BCUT2D eigenvalue weighted by molar-refractivity contribution is -0.137. The third-order valence-corrected chi connectivity index (χ3v) is 8.57. The molecule has 2 unspecified atom stereocenters. The highest BCUT2D eigenvalue weighted by molar-refractivity contribution is 9.10. The van der Waals surface area contributed by atoms with Crippen LogP contribution in [0.5, 0.6) is 0 Å². The molecule has 1 amide bonds. The average molecular weight is 579 g/mol. The second-order valence-electron chi connectivity index (χ2n) is 10.1. The molecule has 0 radical (unpaired) electrons. The molecule has 37 heavy (non-hydrogen) atoms. The van der Waals surface area contributed by atoms with E-state index in [0.29, 0.717) is 16.8 Å². The highest BCUT2D eigenvalue weighted by Gasteiger charge is 2.31. The van der Waals surface area contributed by atoms with Gasteiger partial charge in [-0.05, 0) is 71.1 Å². The molecule has 4 aromatic rings. The first-order valence-corrected chi connectivity index (χ1v) is 14.1. The van der Waals surface area contributed by atoms with Gasteiger partial charge in [-0.1, -0.05) is 54.1 Å². The van der Waals surface area contributed by atoms with Gasteiger partial charge in [-0.15, -0.1) is 0 Å². The summed E-state index contributed by atoms with van der Waals surface area (Å²) >= 11 is 10.1. The Morgan fingerprint density at radius 3 is 2.78 bits per heavy atom. The van der Waals surface area contributed by atoms with E-state index in [1.165, 1.54) is 11.1 Å². The lowest BCUT2D eigenvalue weighted by atomic mass is 9.82. The van der Waals surface area contributed by atoms with Crippen molar-refractivity contribution in [1.82, 2.24) is 19.5 Å². The highest BCUT2D eigenvalue weighted by Crippen LogP contribution is 2.31. The second-order valence-corrected chi connectivity index (χ2v) is 11.4. The van der Waals surface area contributed by atoms with Crippen LogP contribution >= 0.6 is 27.5 Å². The van der Waals surface area contributed by atoms with Crippen LogP contribution in [-0.2, 0) is 17.6 Å². The highest BCUT2D eigenvalue weighted by atomic mass is 79.9. The number of aryl methyl sites for hydroxylation is 1. The number of carbonyl (C=O) groups is 1. The van der Waals surface area contributed by atoms with Gasteiger partial charge in [0.05, 0.1) is 16.4 Å². The number of halogens is 2. The van der Waals surface area contributed by atoms with Crippen molar-refractivity contribution in [3.63, 3.8) is 0 Å². The van der Waals surface area contributed by atoms with Crippen molar-refractivity contribution >= 4 is 44.9 Å². The lowest BCUT2D eigenvalue weighted by Gasteiger charge is -2.36. The molecule has 0 saturated carbocycles. The minimum atomic E-state index is 0.0982. The molecule has 1 N–H and O–H groups in total. The summed E-state index contributed by atoms with van der Waals surface area (Å²) in [6.07, 6.45) is 6.69. The predicted molar refractivity (Wildman–Crippen MR) is 151 cm³/mol. The first kappa shape index (κ1) is 24.4. The number of hydrogen-bond acceptors (Lipinski definition) is 4. The van der Waals surface area contributed by atoms with Crippen molar-refractivity contribution in [2.45, 2.75) is 32.1 Å². The summed E-state index contributed by atoms with van der Waals surface area (Å²) in [5.74, 6) is 1.65. The number of hydrogen-bond donors (Lipinski definition) is 1. The van der Waals surface area contributed by atoms with Gasteiger partial charge in [-0.25, -0.2) is 4.98 Å². The van der Waals surface area contributed by atoms with Crippen LogP contribution < -0.4 is 5.32 Å². The van der Waals surface area contributed by atoms with Gasteiger partial charge in [0.15, 0.2) is 5.65 Å². The quantitative estimate of drug-likeness (QED) is 0.303. The first-order valence-electron chi connectivity index (χ1n) is 13.0. The molecule has 1 aliphatic carbocycles. The smallest absolute Gasteiger partial charge is 0.226 e. The van der Waals surface area contributed by atoms with Gasteiger partial charge in [0, 0.05) is 42.2 Å². The minimum Gasteiger partial charge on any atom is -0.370 e. The van der Waals surface area contributed by atoms with Crippen molar-refractivity contribution in [1.29, 1.82) is 0 Å². The molecule has 2 aromatic carbocycles. The largest absolute Gasteiger partial charge is 0.370 e. The zero-order valence-electron chi connectivity index (χ0n) is 20.5. The van der Waals surface area contributed by atoms with Crippen LogP contribution in [0.2, 0.25) is 5.02 Å². The molecule has 8 heteroatoms. The Morgan fingerprint density at radius 1 is 1.11 bits per heavy atom. The van der Waals surface area contributed by atoms with E-state index in [1.807, 2.05) is 34.8 Å². The van der Waals surface area contributed by atoms with Gasteiger partial charge in [0.2, 0.25) is 5.91 Å². The number of nitrogens with zero attached hydrogens (tertiary/aromatic N) is 4. The van der Waals surface area contributed by atoms with Gasteiger partial charge in [-0.2, -0.15) is 9.61 Å². The summed E-state index contributed by atoms with van der Waals surface area (Å²) in [4.78, 5) is 20.4. The van der Waals surface area contributed by atoms with Crippen molar-refractivity contribution in [3.05, 3.63) is 81.4 Å². The van der Waals surface area contributed by atoms with Crippen molar-refractivity contribution in [2.75, 3.05) is 25.0 Å². The van der Waals surface area contributed by atoms with Crippen molar-refractivity contribution in [3.8, 4) is 11.3 Å². The molecule has 6 nitrogen and oxygen atoms in total. The monoisotopic (exact) mass is 577 g/mol. The Labute approximate surface area is 230 Å². The van der Waals surface area contributed by atoms with Crippen molar-refractivity contribution in [2.24, 2.45) is 11.8 Å². The average Bonchev–Trinajstić information content (AvgIpc) is 3.32. The van der Waals surface area contributed by atoms with Crippen LogP contribution in [0.4, 0.5) is 5.82 Å². The van der Waals surface area contributed by atoms with E-state index >= 15 is 0 Å². The molecule has 0 spiro atoms. The maximum absolute atomic E-state index is 13.5. The molecule has 2 atom stereocenters. The van der Waals surface area contributed by atoms with Gasteiger partial charge < -0.3 is 10.2 Å². The van der Waals surface area contributed by atoms with E-state index < -0.39 is 0 Å². The molecule has 6 rings (SSSR count). The van der Waals surface area contributed by atoms with E-state index in [9.17, 15) is 4.79 Å². The van der Waals surface area contributed by atoms with Gasteiger partial charge >= 0.3 is 0 Å². The number of benzene rings is 2. The topological polar surface area (TPSA) is 62.5 Å². The molecule has 1 aliphatic heterocycles. The number of rotatable bonds is 5. The maximum atomic E-state index is 13.5. The zero-order valence-corrected chi connectivity index (χ0v) is 22.9. The predicted octanol–water partition coefficient (Wildman–Crippen LogP) is 6.27. The molecule has 3 heterocycles. The van der Waals surface area contributed by atoms with Crippen LogP contribution in [0.3, 0.4) is 0 Å². The second kappa shape index (κ2) is 10.5. The van der Waals surface area contributed by atoms with E-state index in [4.69, 9.17) is 16.6 Å². The lowest BCUT2D eigenvalue weighted by Crippen LogP contribution is -2.45. The summed E-state index contributed by atoms with van der Waals surface area (Å²) in [6.45, 7) is 2.41. The fourth-order valence-corrected chi connectivity index (χ4v) is 6.30. The third kappa shape index (κ3) is 4.99. The first-order chi connectivity index (χ1) is 18.1.